The van der Waals surface area contributed by atoms with Crippen LogP contribution < -0.4 is 5.73 Å². The largest absolute Gasteiger partial charge is 0.333 e. The Morgan fingerprint density at radius 3 is 2.20 bits per heavy atom. The van der Waals surface area contributed by atoms with Gasteiger partial charge in [0, 0.05) is 19.8 Å². The maximum absolute atomic E-state index is 10.7. The van der Waals surface area contributed by atoms with Gasteiger partial charge in [0.15, 0.2) is 0 Å². The minimum absolute atomic E-state index is 0. The summed E-state index contributed by atoms with van der Waals surface area (Å²) >= 11 is 0. The van der Waals surface area contributed by atoms with E-state index in [4.69, 9.17) is 10.6 Å². The second-order valence-electron chi connectivity index (χ2n) is 2.01. The van der Waals surface area contributed by atoms with E-state index in [2.05, 4.69) is 0 Å². The standard InChI is InChI=1S/C4H13N2O2P.ClH/c1-6(4-3-5)9(2,7)8;/h3-5H2,1-2H3,(H,7,8);1H. The third kappa shape index (κ3) is 5.21. The molecule has 0 amide bonds. The molecule has 0 bridgehead atoms. The zero-order chi connectivity index (χ0) is 7.49. The van der Waals surface area contributed by atoms with E-state index in [1.165, 1.54) is 11.3 Å². The Morgan fingerprint density at radius 1 is 1.70 bits per heavy atom. The highest BCUT2D eigenvalue weighted by Crippen LogP contribution is 2.37. The number of rotatable bonds is 3. The summed E-state index contributed by atoms with van der Waals surface area (Å²) in [4.78, 5) is 8.84. The van der Waals surface area contributed by atoms with E-state index >= 15 is 0 Å². The van der Waals surface area contributed by atoms with Crippen LogP contribution >= 0.6 is 19.9 Å². The molecule has 0 fully saturated rings. The van der Waals surface area contributed by atoms with Gasteiger partial charge in [-0.05, 0) is 7.05 Å². The third-order valence-corrected chi connectivity index (χ3v) is 2.55. The predicted octanol–water partition coefficient (Wildman–Crippen LogP) is 0.114. The van der Waals surface area contributed by atoms with Crippen LogP contribution in [0.2, 0.25) is 0 Å². The van der Waals surface area contributed by atoms with Gasteiger partial charge in [-0.3, -0.25) is 4.57 Å². The lowest BCUT2D eigenvalue weighted by Crippen LogP contribution is -2.22. The monoisotopic (exact) mass is 188 g/mol. The van der Waals surface area contributed by atoms with E-state index in [-0.39, 0.29) is 12.4 Å². The highest BCUT2D eigenvalue weighted by Gasteiger charge is 2.15. The molecule has 1 unspecified atom stereocenters. The smallest absolute Gasteiger partial charge is 0.266 e. The number of nitrogens with zero attached hydrogens (tertiary/aromatic N) is 1. The first-order valence-corrected chi connectivity index (χ1v) is 4.76. The van der Waals surface area contributed by atoms with E-state index in [0.29, 0.717) is 13.1 Å². The fraction of sp³-hybridized carbons (Fsp3) is 1.00. The lowest BCUT2D eigenvalue weighted by molar-refractivity contribution is 0.392. The Morgan fingerprint density at radius 2 is 2.10 bits per heavy atom. The zero-order valence-corrected chi connectivity index (χ0v) is 7.86. The second kappa shape index (κ2) is 5.10. The van der Waals surface area contributed by atoms with Gasteiger partial charge in [0.2, 0.25) is 0 Å². The highest BCUT2D eigenvalue weighted by atomic mass is 35.5. The maximum Gasteiger partial charge on any atom is 0.266 e. The molecule has 0 aromatic rings. The molecule has 0 saturated heterocycles. The molecule has 3 N–H and O–H groups in total. The average Bonchev–Trinajstić information content (AvgIpc) is 1.64. The quantitative estimate of drug-likeness (QED) is 0.618. The second-order valence-corrected chi connectivity index (χ2v) is 4.36. The zero-order valence-electron chi connectivity index (χ0n) is 6.15. The first-order chi connectivity index (χ1) is 3.98. The summed E-state index contributed by atoms with van der Waals surface area (Å²) in [6.45, 7) is 2.17. The molecule has 0 aromatic carbocycles. The van der Waals surface area contributed by atoms with Crippen molar-refractivity contribution in [3.63, 3.8) is 0 Å². The van der Waals surface area contributed by atoms with Crippen molar-refractivity contribution in [3.8, 4) is 0 Å². The van der Waals surface area contributed by atoms with Gasteiger partial charge in [-0.2, -0.15) is 0 Å². The fourth-order valence-corrected chi connectivity index (χ4v) is 0.859. The summed E-state index contributed by atoms with van der Waals surface area (Å²) in [6.07, 6.45) is 0. The number of hydrogen-bond acceptors (Lipinski definition) is 2. The first kappa shape index (κ1) is 13.0. The van der Waals surface area contributed by atoms with Crippen LogP contribution in [0.4, 0.5) is 0 Å². The molecule has 0 rings (SSSR count). The third-order valence-electron chi connectivity index (χ3n) is 1.09. The van der Waals surface area contributed by atoms with Crippen LogP contribution in [0.5, 0.6) is 0 Å². The molecule has 0 aromatic heterocycles. The Kier molecular flexibility index (Phi) is 6.65. The van der Waals surface area contributed by atoms with Crippen LogP contribution in [-0.2, 0) is 4.57 Å². The van der Waals surface area contributed by atoms with Gasteiger partial charge in [0.05, 0.1) is 0 Å². The van der Waals surface area contributed by atoms with Crippen molar-refractivity contribution in [1.82, 2.24) is 4.67 Å². The van der Waals surface area contributed by atoms with Crippen LogP contribution in [0.25, 0.3) is 0 Å². The van der Waals surface area contributed by atoms with Gasteiger partial charge in [-0.1, -0.05) is 0 Å². The van der Waals surface area contributed by atoms with Crippen molar-refractivity contribution in [2.24, 2.45) is 5.73 Å². The van der Waals surface area contributed by atoms with E-state index in [1.807, 2.05) is 0 Å². The molecule has 0 radical (unpaired) electrons. The fourth-order valence-electron chi connectivity index (χ4n) is 0.372. The predicted molar refractivity (Wildman–Crippen MR) is 44.7 cm³/mol. The van der Waals surface area contributed by atoms with Crippen molar-refractivity contribution in [2.45, 2.75) is 0 Å². The van der Waals surface area contributed by atoms with Gasteiger partial charge >= 0.3 is 0 Å². The van der Waals surface area contributed by atoms with Crippen LogP contribution in [0, 0.1) is 0 Å². The maximum atomic E-state index is 10.7. The molecule has 0 spiro atoms. The summed E-state index contributed by atoms with van der Waals surface area (Å²) < 4.78 is 12.1. The number of likely N-dealkylation sites (N-methyl/N-ethyl adjacent to an activating group) is 1. The van der Waals surface area contributed by atoms with Crippen molar-refractivity contribution in [2.75, 3.05) is 26.8 Å². The molecule has 0 saturated carbocycles. The van der Waals surface area contributed by atoms with Crippen molar-refractivity contribution >= 4 is 19.9 Å². The van der Waals surface area contributed by atoms with E-state index < -0.39 is 7.52 Å². The van der Waals surface area contributed by atoms with Crippen LogP contribution in [-0.4, -0.2) is 36.4 Å². The minimum Gasteiger partial charge on any atom is -0.333 e. The molecule has 0 aliphatic heterocycles. The van der Waals surface area contributed by atoms with E-state index in [1.54, 1.807) is 7.05 Å². The van der Waals surface area contributed by atoms with Crippen molar-refractivity contribution in [1.29, 1.82) is 0 Å². The van der Waals surface area contributed by atoms with Crippen LogP contribution in [0.15, 0.2) is 0 Å². The van der Waals surface area contributed by atoms with Crippen molar-refractivity contribution < 1.29 is 9.46 Å². The Balaban J connectivity index is 0. The average molecular weight is 189 g/mol. The van der Waals surface area contributed by atoms with Crippen LogP contribution in [0.3, 0.4) is 0 Å². The molecular weight excluding hydrogens is 174 g/mol. The summed E-state index contributed by atoms with van der Waals surface area (Å²) in [7, 11) is -1.44. The lowest BCUT2D eigenvalue weighted by Gasteiger charge is -2.17. The molecule has 1 atom stereocenters. The molecule has 10 heavy (non-hydrogen) atoms. The normalized spacial score (nSPS) is 16.1. The van der Waals surface area contributed by atoms with Crippen molar-refractivity contribution in [3.05, 3.63) is 0 Å². The molecule has 4 nitrogen and oxygen atoms in total. The molecule has 64 valence electrons. The van der Waals surface area contributed by atoms with Gasteiger partial charge < -0.3 is 10.6 Å². The van der Waals surface area contributed by atoms with Gasteiger partial charge in [0.1, 0.15) is 0 Å². The number of hydrogen-bond donors (Lipinski definition) is 2. The highest BCUT2D eigenvalue weighted by molar-refractivity contribution is 7.54. The lowest BCUT2D eigenvalue weighted by atomic mass is 10.7. The Bertz CT molecular complexity index is 126. The van der Waals surface area contributed by atoms with Gasteiger partial charge in [-0.15, -0.1) is 12.4 Å². The van der Waals surface area contributed by atoms with E-state index in [0.717, 1.165) is 0 Å². The topological polar surface area (TPSA) is 66.6 Å². The summed E-state index contributed by atoms with van der Waals surface area (Å²) in [5, 5.41) is 0. The SMILES string of the molecule is CN(CCN)P(C)(=O)O.Cl. The number of halogens is 1. The summed E-state index contributed by atoms with van der Waals surface area (Å²) in [5.41, 5.74) is 5.15. The molecule has 0 heterocycles. The minimum atomic E-state index is -3.02. The first-order valence-electron chi connectivity index (χ1n) is 2.70. The van der Waals surface area contributed by atoms with Crippen LogP contribution in [0.1, 0.15) is 0 Å². The van der Waals surface area contributed by atoms with Gasteiger partial charge in [0.25, 0.3) is 7.52 Å². The van der Waals surface area contributed by atoms with Gasteiger partial charge in [-0.25, -0.2) is 4.67 Å². The molecule has 6 heteroatoms. The molecular formula is C4H14ClN2O2P. The summed E-state index contributed by atoms with van der Waals surface area (Å²) in [6, 6.07) is 0. The molecule has 0 aliphatic rings. The summed E-state index contributed by atoms with van der Waals surface area (Å²) in [5.74, 6) is 0. The Hall–Kier alpha value is 0.400. The number of nitrogens with two attached hydrogens (primary N) is 1. The Labute approximate surface area is 67.3 Å². The molecule has 0 aliphatic carbocycles. The van der Waals surface area contributed by atoms with E-state index in [9.17, 15) is 4.57 Å².